The minimum absolute atomic E-state index is 0.617. The van der Waals surface area contributed by atoms with Gasteiger partial charge in [-0.05, 0) is 59.8 Å². The second-order valence-electron chi connectivity index (χ2n) is 9.41. The highest BCUT2D eigenvalue weighted by Crippen LogP contribution is 2.44. The van der Waals surface area contributed by atoms with Gasteiger partial charge in [-0.3, -0.25) is 0 Å². The fourth-order valence-electron chi connectivity index (χ4n) is 5.74. The highest BCUT2D eigenvalue weighted by Gasteiger charge is 2.29. The molecule has 2 aromatic rings. The van der Waals surface area contributed by atoms with E-state index >= 15 is 0 Å². The molecule has 30 heavy (non-hydrogen) atoms. The quantitative estimate of drug-likeness (QED) is 0.354. The molecule has 2 aliphatic carbocycles. The van der Waals surface area contributed by atoms with E-state index in [-0.39, 0.29) is 0 Å². The predicted molar refractivity (Wildman–Crippen MR) is 132 cm³/mol. The second-order valence-corrected chi connectivity index (χ2v) is 9.41. The van der Waals surface area contributed by atoms with Crippen LogP contribution in [0.5, 0.6) is 0 Å². The van der Waals surface area contributed by atoms with Crippen LogP contribution in [0.25, 0.3) is 12.2 Å². The molecule has 158 valence electrons. The van der Waals surface area contributed by atoms with Crippen LogP contribution < -0.4 is 0 Å². The molecule has 2 aromatic carbocycles. The van der Waals surface area contributed by atoms with Gasteiger partial charge in [-0.15, -0.1) is 0 Å². The van der Waals surface area contributed by atoms with Gasteiger partial charge in [-0.2, -0.15) is 0 Å². The zero-order chi connectivity index (χ0) is 20.8. The summed E-state index contributed by atoms with van der Waals surface area (Å²) in [6, 6.07) is 18.1. The zero-order valence-electron chi connectivity index (χ0n) is 18.9. The SMILES string of the molecule is CCCCC(CCC(CCCC)C1C=Cc2ccccc21)C1C=Cc2ccccc21. The van der Waals surface area contributed by atoms with Gasteiger partial charge in [-0.1, -0.05) is 112 Å². The molecule has 0 nitrogen and oxygen atoms in total. The smallest absolute Gasteiger partial charge is 0.00555 e. The van der Waals surface area contributed by atoms with Crippen LogP contribution in [0.3, 0.4) is 0 Å². The number of rotatable bonds is 11. The molecule has 0 N–H and O–H groups in total. The van der Waals surface area contributed by atoms with Crippen molar-refractivity contribution in [2.24, 2.45) is 11.8 Å². The first-order valence-corrected chi connectivity index (χ1v) is 12.4. The summed E-state index contributed by atoms with van der Waals surface area (Å²) in [6.45, 7) is 4.67. The molecule has 0 bridgehead atoms. The highest BCUT2D eigenvalue weighted by molar-refractivity contribution is 5.63. The van der Waals surface area contributed by atoms with Crippen LogP contribution in [0.4, 0.5) is 0 Å². The van der Waals surface area contributed by atoms with Crippen LogP contribution in [0.15, 0.2) is 60.7 Å². The molecule has 0 heteroatoms. The monoisotopic (exact) mass is 398 g/mol. The van der Waals surface area contributed by atoms with E-state index in [2.05, 4.69) is 86.7 Å². The van der Waals surface area contributed by atoms with Crippen LogP contribution in [0, 0.1) is 11.8 Å². The lowest BCUT2D eigenvalue weighted by atomic mass is 9.76. The molecule has 0 radical (unpaired) electrons. The zero-order valence-corrected chi connectivity index (χ0v) is 18.9. The molecule has 0 aromatic heterocycles. The molecule has 0 heterocycles. The molecule has 0 aliphatic heterocycles. The van der Waals surface area contributed by atoms with Crippen LogP contribution in [-0.4, -0.2) is 0 Å². The Morgan fingerprint density at radius 2 is 1.03 bits per heavy atom. The standard InChI is InChI=1S/C30H38/c1-3-5-11-23(29-21-19-25-13-7-9-15-27(25)29)17-18-24(12-6-4-2)30-22-20-26-14-8-10-16-28(26)30/h7-10,13-16,19-24,29-30H,3-6,11-12,17-18H2,1-2H3. The maximum absolute atomic E-state index is 2.50. The Morgan fingerprint density at radius 3 is 1.47 bits per heavy atom. The Bertz CT molecular complexity index is 798. The van der Waals surface area contributed by atoms with E-state index in [1.165, 1.54) is 62.5 Å². The van der Waals surface area contributed by atoms with Gasteiger partial charge >= 0.3 is 0 Å². The van der Waals surface area contributed by atoms with Crippen molar-refractivity contribution in [3.05, 3.63) is 82.9 Å². The summed E-state index contributed by atoms with van der Waals surface area (Å²) < 4.78 is 0. The van der Waals surface area contributed by atoms with Gasteiger partial charge in [0.1, 0.15) is 0 Å². The van der Waals surface area contributed by atoms with Crippen molar-refractivity contribution in [2.45, 2.75) is 77.0 Å². The van der Waals surface area contributed by atoms with E-state index in [4.69, 9.17) is 0 Å². The van der Waals surface area contributed by atoms with Crippen LogP contribution in [0.2, 0.25) is 0 Å². The fraction of sp³-hybridized carbons (Fsp3) is 0.467. The van der Waals surface area contributed by atoms with Crippen molar-refractivity contribution >= 4 is 12.2 Å². The van der Waals surface area contributed by atoms with Crippen molar-refractivity contribution in [3.63, 3.8) is 0 Å². The number of fused-ring (bicyclic) bond motifs is 2. The third-order valence-corrected chi connectivity index (χ3v) is 7.46. The van der Waals surface area contributed by atoms with Gasteiger partial charge in [0.2, 0.25) is 0 Å². The van der Waals surface area contributed by atoms with Crippen LogP contribution >= 0.6 is 0 Å². The van der Waals surface area contributed by atoms with Crippen molar-refractivity contribution < 1.29 is 0 Å². The van der Waals surface area contributed by atoms with Crippen LogP contribution in [-0.2, 0) is 0 Å². The van der Waals surface area contributed by atoms with Crippen molar-refractivity contribution in [1.82, 2.24) is 0 Å². The van der Waals surface area contributed by atoms with Gasteiger partial charge in [0.05, 0.1) is 0 Å². The molecule has 0 spiro atoms. The molecule has 0 amide bonds. The van der Waals surface area contributed by atoms with Gasteiger partial charge in [0.25, 0.3) is 0 Å². The summed E-state index contributed by atoms with van der Waals surface area (Å²) in [7, 11) is 0. The van der Waals surface area contributed by atoms with Gasteiger partial charge in [0.15, 0.2) is 0 Å². The number of benzene rings is 2. The Hall–Kier alpha value is -2.08. The molecule has 4 rings (SSSR count). The highest BCUT2D eigenvalue weighted by atomic mass is 14.3. The topological polar surface area (TPSA) is 0 Å². The Kier molecular flexibility index (Phi) is 7.26. The normalized spacial score (nSPS) is 20.9. The average Bonchev–Trinajstić information content (AvgIpc) is 3.40. The van der Waals surface area contributed by atoms with Crippen molar-refractivity contribution in [1.29, 1.82) is 0 Å². The minimum Gasteiger partial charge on any atom is -0.0761 e. The third kappa shape index (κ3) is 4.64. The largest absolute Gasteiger partial charge is 0.0761 e. The molecule has 4 unspecified atom stereocenters. The molecule has 0 saturated heterocycles. The predicted octanol–water partition coefficient (Wildman–Crippen LogP) is 9.00. The maximum Gasteiger partial charge on any atom is 0.00555 e. The average molecular weight is 399 g/mol. The summed E-state index contributed by atoms with van der Waals surface area (Å²) in [5.74, 6) is 2.78. The molecular weight excluding hydrogens is 360 g/mol. The number of hydrogen-bond acceptors (Lipinski definition) is 0. The first-order chi connectivity index (χ1) is 14.8. The summed E-state index contributed by atoms with van der Waals surface area (Å²) in [5, 5.41) is 0. The maximum atomic E-state index is 2.50. The fourth-order valence-corrected chi connectivity index (χ4v) is 5.74. The summed E-state index contributed by atoms with van der Waals surface area (Å²) >= 11 is 0. The lowest BCUT2D eigenvalue weighted by Gasteiger charge is -2.29. The Labute approximate surface area is 184 Å². The third-order valence-electron chi connectivity index (χ3n) is 7.46. The molecule has 0 saturated carbocycles. The van der Waals surface area contributed by atoms with E-state index in [9.17, 15) is 0 Å². The van der Waals surface area contributed by atoms with Crippen LogP contribution in [0.1, 0.15) is 99.3 Å². The van der Waals surface area contributed by atoms with E-state index in [0.29, 0.717) is 11.8 Å². The number of unbranched alkanes of at least 4 members (excludes halogenated alkanes) is 2. The first-order valence-electron chi connectivity index (χ1n) is 12.4. The summed E-state index contributed by atoms with van der Waals surface area (Å²) in [5.41, 5.74) is 6.02. The number of allylic oxidation sites excluding steroid dienone is 2. The lowest BCUT2D eigenvalue weighted by Crippen LogP contribution is -2.16. The molecule has 2 aliphatic rings. The number of hydrogen-bond donors (Lipinski definition) is 0. The second kappa shape index (κ2) is 10.3. The molecular formula is C30H38. The van der Waals surface area contributed by atoms with Gasteiger partial charge in [-0.25, -0.2) is 0 Å². The van der Waals surface area contributed by atoms with Gasteiger partial charge < -0.3 is 0 Å². The van der Waals surface area contributed by atoms with E-state index in [1.54, 1.807) is 11.1 Å². The Morgan fingerprint density at radius 1 is 0.600 bits per heavy atom. The van der Waals surface area contributed by atoms with E-state index < -0.39 is 0 Å². The minimum atomic E-state index is 0.617. The van der Waals surface area contributed by atoms with E-state index in [0.717, 1.165) is 11.8 Å². The van der Waals surface area contributed by atoms with Gasteiger partial charge in [0, 0.05) is 11.8 Å². The van der Waals surface area contributed by atoms with Crippen molar-refractivity contribution in [2.75, 3.05) is 0 Å². The lowest BCUT2D eigenvalue weighted by molar-refractivity contribution is 0.319. The van der Waals surface area contributed by atoms with E-state index in [1.807, 2.05) is 0 Å². The Balaban J connectivity index is 1.49. The first kappa shape index (κ1) is 21.2. The van der Waals surface area contributed by atoms with Crippen molar-refractivity contribution in [3.8, 4) is 0 Å². The molecule has 0 fully saturated rings. The molecule has 4 atom stereocenters. The summed E-state index contributed by atoms with van der Waals surface area (Å²) in [4.78, 5) is 0. The summed E-state index contributed by atoms with van der Waals surface area (Å²) in [6.07, 6.45) is 20.4.